The van der Waals surface area contributed by atoms with Crippen LogP contribution in [-0.2, 0) is 114 Å². The number of aromatic nitrogens is 8. The van der Waals surface area contributed by atoms with Gasteiger partial charge < -0.3 is 102 Å². The zero-order chi connectivity index (χ0) is 88.7. The van der Waals surface area contributed by atoms with E-state index in [1.165, 1.54) is 27.7 Å². The number of ether oxygens (including phenoxy) is 2. The average Bonchev–Trinajstić information content (AvgIpc) is 1.62. The molecule has 0 bridgehead atoms. The van der Waals surface area contributed by atoms with Crippen LogP contribution in [0.1, 0.15) is 150 Å². The van der Waals surface area contributed by atoms with Gasteiger partial charge >= 0.3 is 46.9 Å². The number of nitrogen functional groups attached to an aromatic ring is 2. The second-order valence-corrected chi connectivity index (χ2v) is 39.3. The molecule has 2 aliphatic rings. The standard InChI is InChI=1S/C65H104N14O34P6/c1-62(2,42(80)19-25-68-44(82)21-27-70-58(88)52(86)64(5,6)32-106-118(100,101)112-116(96,97)104-30-40-50(110-114(90,91)92)48(84)60(108-40)78-36-76-46-54(66)72-34-74-56(46)78)23-12-9-10-15-38-17-14-18-39(29-38)16-11-13-24-63(3,4)43(81)20-26-69-45(83)22-28-71-59(89)53(87)65(7,8)33-107-119(102,103)113-117(98,99)105-31-41-51(111-115(93,94)95)49(85)61(109-41)79-37-77-47-55(67)73-35-75-57(47)79/h14,17-18,29,34-37,40-41,48-53,60-61,84-87H,9-13,15-16,19-28,30-33H2,1-8H3,(H,68,82)(H,69,83)(H,70,88)(H,71,89)(H,96,97)(H,98,99)(H,100,101)(H,102,103)(H2,66,72,74)(H2,67,73,75)(H2,90,91,92)(H2,93,94,95). The second-order valence-electron chi connectivity index (χ2n) is 30.8. The quantitative estimate of drug-likeness (QED) is 0.0196. The number of carbonyl (C=O) groups excluding carboxylic acids is 6. The van der Waals surface area contributed by atoms with Gasteiger partial charge in [0.15, 0.2) is 35.4 Å². The predicted octanol–water partition coefficient (Wildman–Crippen LogP) is 2.31. The molecule has 48 nitrogen and oxygen atoms in total. The molecule has 2 saturated heterocycles. The van der Waals surface area contributed by atoms with Crippen molar-refractivity contribution >= 4 is 116 Å². The van der Waals surface area contributed by atoms with E-state index in [1.807, 2.05) is 39.8 Å². The third kappa shape index (κ3) is 30.2. The Morgan fingerprint density at radius 1 is 0.496 bits per heavy atom. The Bertz CT molecular complexity index is 4660. The zero-order valence-corrected chi connectivity index (χ0v) is 71.4. The number of hydrogen-bond donors (Lipinski definition) is 18. The van der Waals surface area contributed by atoms with Crippen LogP contribution in [-0.4, -0.2) is 235 Å². The van der Waals surface area contributed by atoms with Crippen LogP contribution in [0.15, 0.2) is 49.6 Å². The number of unbranched alkanes of at least 4 members (excludes halogenated alkanes) is 3. The highest BCUT2D eigenvalue weighted by Gasteiger charge is 2.53. The molecule has 0 spiro atoms. The Hall–Kier alpha value is -6.36. The molecule has 14 unspecified atom stereocenters. The summed E-state index contributed by atoms with van der Waals surface area (Å²) in [6.45, 7) is 7.50. The Morgan fingerprint density at radius 2 is 0.849 bits per heavy atom. The fraction of sp³-hybridized carbons (Fsp3) is 0.662. The summed E-state index contributed by atoms with van der Waals surface area (Å²) >= 11 is 0. The van der Waals surface area contributed by atoms with E-state index >= 15 is 0 Å². The van der Waals surface area contributed by atoms with Gasteiger partial charge in [-0.2, -0.15) is 8.62 Å². The summed E-state index contributed by atoms with van der Waals surface area (Å²) in [4.78, 5) is 181. The van der Waals surface area contributed by atoms with Crippen LogP contribution in [0.2, 0.25) is 0 Å². The number of aryl methyl sites for hydroxylation is 2. The normalized spacial score (nSPS) is 21.5. The molecule has 4 amide bonds. The fourth-order valence-electron chi connectivity index (χ4n) is 12.4. The van der Waals surface area contributed by atoms with Crippen molar-refractivity contribution in [1.29, 1.82) is 0 Å². The van der Waals surface area contributed by atoms with Crippen LogP contribution in [0.4, 0.5) is 11.6 Å². The first kappa shape index (κ1) is 99.7. The number of phosphoric ester groups is 6. The third-order valence-electron chi connectivity index (χ3n) is 19.3. The maximum absolute atomic E-state index is 13.3. The molecule has 20 N–H and O–H groups in total. The molecule has 119 heavy (non-hydrogen) atoms. The summed E-state index contributed by atoms with van der Waals surface area (Å²) in [5.41, 5.74) is 9.26. The molecule has 0 saturated carbocycles. The highest BCUT2D eigenvalue weighted by atomic mass is 31.3. The Kier molecular flexibility index (Phi) is 35.1. The molecule has 5 aromatic rings. The van der Waals surface area contributed by atoms with Gasteiger partial charge in [-0.3, -0.25) is 65.0 Å². The largest absolute Gasteiger partial charge is 0.481 e. The molecule has 54 heteroatoms. The summed E-state index contributed by atoms with van der Waals surface area (Å²) in [5.74, 6) is -3.38. The van der Waals surface area contributed by atoms with Gasteiger partial charge in [-0.1, -0.05) is 98.9 Å². The van der Waals surface area contributed by atoms with Crippen molar-refractivity contribution in [3.8, 4) is 0 Å². The second kappa shape index (κ2) is 41.9. The van der Waals surface area contributed by atoms with Gasteiger partial charge in [-0.05, 0) is 49.7 Å². The Morgan fingerprint density at radius 3 is 1.23 bits per heavy atom. The van der Waals surface area contributed by atoms with Crippen LogP contribution in [0, 0.1) is 21.7 Å². The average molecular weight is 1810 g/mol. The van der Waals surface area contributed by atoms with Crippen LogP contribution in [0.3, 0.4) is 0 Å². The van der Waals surface area contributed by atoms with Crippen molar-refractivity contribution in [2.75, 3.05) is 64.1 Å². The number of nitrogens with one attached hydrogen (secondary N) is 4. The molecule has 2 fully saturated rings. The highest BCUT2D eigenvalue weighted by Crippen LogP contribution is 2.63. The number of hydrogen-bond acceptors (Lipinski definition) is 34. The summed E-state index contributed by atoms with van der Waals surface area (Å²) in [6, 6.07) is 8.24. The van der Waals surface area contributed by atoms with Crippen molar-refractivity contribution in [3.05, 3.63) is 60.7 Å². The van der Waals surface area contributed by atoms with Gasteiger partial charge in [0.25, 0.3) is 0 Å². The van der Waals surface area contributed by atoms with Crippen LogP contribution in [0.25, 0.3) is 22.3 Å². The first-order chi connectivity index (χ1) is 55.1. The summed E-state index contributed by atoms with van der Waals surface area (Å²) in [5, 5.41) is 53.6. The number of nitrogens with two attached hydrogens (primary N) is 2. The minimum Gasteiger partial charge on any atom is -0.386 e. The fourth-order valence-corrected chi connectivity index (χ4v) is 18.0. The third-order valence-corrected chi connectivity index (χ3v) is 25.5. The molecule has 1 aromatic carbocycles. The molecule has 668 valence electrons. The molecular weight excluding hydrogens is 1710 g/mol. The molecular formula is C65H104N14O34P6. The maximum Gasteiger partial charge on any atom is 0.481 e. The lowest BCUT2D eigenvalue weighted by atomic mass is 9.81. The minimum atomic E-state index is -5.65. The van der Waals surface area contributed by atoms with E-state index in [0.717, 1.165) is 90.5 Å². The summed E-state index contributed by atoms with van der Waals surface area (Å²) in [6.07, 6.45) is -7.67. The molecule has 0 radical (unpaired) electrons. The number of Topliss-reactive ketones (excluding diaryl/α,β-unsaturated/α-hetero) is 2. The van der Waals surface area contributed by atoms with Gasteiger partial charge in [-0.25, -0.2) is 57.3 Å². The van der Waals surface area contributed by atoms with Gasteiger partial charge in [0, 0.05) is 73.5 Å². The Balaban J connectivity index is 0.701. The van der Waals surface area contributed by atoms with Gasteiger partial charge in [0.05, 0.1) is 39.1 Å². The topological polar surface area (TPSA) is 727 Å². The lowest BCUT2D eigenvalue weighted by molar-refractivity contribution is -0.137. The monoisotopic (exact) mass is 1810 g/mol. The van der Waals surface area contributed by atoms with Crippen LogP contribution < -0.4 is 32.7 Å². The zero-order valence-electron chi connectivity index (χ0n) is 66.0. The van der Waals surface area contributed by atoms with Gasteiger partial charge in [0.2, 0.25) is 23.6 Å². The smallest absolute Gasteiger partial charge is 0.386 e. The summed E-state index contributed by atoms with van der Waals surface area (Å²) < 4.78 is 126. The number of amides is 4. The Labute approximate surface area is 681 Å². The molecule has 4 aromatic heterocycles. The number of imidazole rings is 2. The lowest BCUT2D eigenvalue weighted by Crippen LogP contribution is -2.46. The highest BCUT2D eigenvalue weighted by molar-refractivity contribution is 7.61. The number of benzene rings is 1. The van der Waals surface area contributed by atoms with Crippen molar-refractivity contribution in [2.45, 2.75) is 200 Å². The van der Waals surface area contributed by atoms with Crippen LogP contribution in [0.5, 0.6) is 0 Å². The first-order valence-corrected chi connectivity index (χ1v) is 46.1. The van der Waals surface area contributed by atoms with E-state index < -0.39 is 180 Å². The number of aliphatic hydroxyl groups excluding tert-OH is 4. The van der Waals surface area contributed by atoms with E-state index in [-0.39, 0.29) is 97.4 Å². The molecule has 6 heterocycles. The van der Waals surface area contributed by atoms with E-state index in [9.17, 15) is 116 Å². The van der Waals surface area contributed by atoms with Gasteiger partial charge in [-0.15, -0.1) is 0 Å². The molecule has 7 rings (SSSR count). The number of rotatable bonds is 51. The molecule has 14 atom stereocenters. The van der Waals surface area contributed by atoms with Crippen molar-refractivity contribution in [2.24, 2.45) is 21.7 Å². The molecule has 2 aliphatic heterocycles. The lowest BCUT2D eigenvalue weighted by Gasteiger charge is -2.30. The number of ketones is 2. The van der Waals surface area contributed by atoms with E-state index in [0.29, 0.717) is 12.8 Å². The first-order valence-electron chi connectivity index (χ1n) is 37.0. The van der Waals surface area contributed by atoms with E-state index in [1.54, 1.807) is 0 Å². The number of fused-ring (bicyclic) bond motifs is 2. The minimum absolute atomic E-state index is 0.00405. The number of nitrogens with zero attached hydrogens (tertiary/aromatic N) is 8. The van der Waals surface area contributed by atoms with E-state index in [4.69, 9.17) is 39.0 Å². The van der Waals surface area contributed by atoms with Crippen molar-refractivity contribution < 1.29 is 161 Å². The van der Waals surface area contributed by atoms with Crippen molar-refractivity contribution in [1.82, 2.24) is 60.3 Å². The number of phosphoric acid groups is 6. The number of aliphatic hydroxyl groups is 4. The maximum atomic E-state index is 13.3. The van der Waals surface area contributed by atoms with Crippen LogP contribution >= 0.6 is 46.9 Å². The number of carbonyl (C=O) groups is 6. The summed E-state index contributed by atoms with van der Waals surface area (Å²) in [7, 11) is -33.2. The van der Waals surface area contributed by atoms with Crippen molar-refractivity contribution in [3.63, 3.8) is 0 Å². The van der Waals surface area contributed by atoms with E-state index in [2.05, 4.69) is 81.0 Å². The SMILES string of the molecule is CC(C)(CCCCCc1cccc(CCCCC(C)(C)C(=O)CCNC(=O)CCNC(=O)C(O)C(C)(C)COP(=O)(O)OP(=O)(O)OCC2OC(n3cnc4c(N)ncnc43)C(O)C2OP(=O)(O)O)c1)C(=O)CCNC(=O)CCNC(=O)C(O)C(C)(C)COP(=O)(O)OP(=O)(O)OCC1OC(n2cnc3c(N)ncnc32)C(O)C1OP(=O)(O)O. The van der Waals surface area contributed by atoms with Gasteiger partial charge in [0.1, 0.15) is 84.1 Å². The molecule has 0 aliphatic carbocycles. The predicted molar refractivity (Wildman–Crippen MR) is 412 cm³/mol. The number of anilines is 2.